The van der Waals surface area contributed by atoms with E-state index in [-0.39, 0.29) is 11.8 Å². The first-order valence-electron chi connectivity index (χ1n) is 11.6. The number of aryl methyl sites for hydroxylation is 2. The summed E-state index contributed by atoms with van der Waals surface area (Å²) in [5, 5.41) is 11.4. The summed E-state index contributed by atoms with van der Waals surface area (Å²) < 4.78 is 11.6. The minimum Gasteiger partial charge on any atom is -0.493 e. The predicted molar refractivity (Wildman–Crippen MR) is 124 cm³/mol. The van der Waals surface area contributed by atoms with Gasteiger partial charge in [0.2, 0.25) is 11.8 Å². The molecule has 3 aromatic rings. The monoisotopic (exact) mass is 449 g/mol. The molecule has 2 heterocycles. The van der Waals surface area contributed by atoms with Crippen molar-refractivity contribution in [2.45, 2.75) is 58.3 Å². The molecule has 1 aliphatic rings. The van der Waals surface area contributed by atoms with Gasteiger partial charge in [0.25, 0.3) is 5.89 Å². The van der Waals surface area contributed by atoms with Crippen LogP contribution in [0.3, 0.4) is 0 Å². The molecular weight excluding hydrogens is 418 g/mol. The standard InChI is InChI=1S/C25H31N5O3/c1-17-5-10-22(18(2)14-17)32-13-3-4-23(31)28-15-19-6-8-20(9-7-19)24-29-30-25(33-24)21-16-26-11-12-27-21/h5,10-12,14,16,19-20H,3-4,6-9,13,15H2,1-2H3,(H,28,31). The van der Waals surface area contributed by atoms with Crippen molar-refractivity contribution >= 4 is 5.91 Å². The number of benzene rings is 1. The summed E-state index contributed by atoms with van der Waals surface area (Å²) in [6.07, 6.45) is 10.0. The van der Waals surface area contributed by atoms with Crippen LogP contribution < -0.4 is 10.1 Å². The Balaban J connectivity index is 1.13. The SMILES string of the molecule is Cc1ccc(OCCCC(=O)NCC2CCC(c3nnc(-c4cnccn4)o3)CC2)c(C)c1. The molecular formula is C25H31N5O3. The second-order valence-electron chi connectivity index (χ2n) is 8.78. The van der Waals surface area contributed by atoms with Crippen molar-refractivity contribution in [2.75, 3.05) is 13.2 Å². The van der Waals surface area contributed by atoms with Crippen LogP contribution >= 0.6 is 0 Å². The number of nitrogens with one attached hydrogen (secondary N) is 1. The fourth-order valence-corrected chi connectivity index (χ4v) is 4.25. The Bertz CT molecular complexity index is 1050. The highest BCUT2D eigenvalue weighted by molar-refractivity contribution is 5.75. The van der Waals surface area contributed by atoms with Gasteiger partial charge in [-0.25, -0.2) is 4.98 Å². The third kappa shape index (κ3) is 6.37. The minimum absolute atomic E-state index is 0.0897. The summed E-state index contributed by atoms with van der Waals surface area (Å²) in [6, 6.07) is 6.14. The summed E-state index contributed by atoms with van der Waals surface area (Å²) in [5.41, 5.74) is 2.93. The maximum atomic E-state index is 12.2. The molecule has 1 amide bonds. The molecule has 8 heteroatoms. The van der Waals surface area contributed by atoms with E-state index in [1.165, 1.54) is 5.56 Å². The topological polar surface area (TPSA) is 103 Å². The van der Waals surface area contributed by atoms with Crippen LogP contribution in [-0.4, -0.2) is 39.2 Å². The number of nitrogens with zero attached hydrogens (tertiary/aromatic N) is 4. The number of carbonyl (C=O) groups excluding carboxylic acids is 1. The van der Waals surface area contributed by atoms with Crippen molar-refractivity contribution in [1.29, 1.82) is 0 Å². The van der Waals surface area contributed by atoms with Gasteiger partial charge in [-0.15, -0.1) is 10.2 Å². The summed E-state index contributed by atoms with van der Waals surface area (Å²) in [7, 11) is 0. The molecule has 2 aromatic heterocycles. The Morgan fingerprint density at radius 3 is 2.76 bits per heavy atom. The molecule has 0 aliphatic heterocycles. The van der Waals surface area contributed by atoms with E-state index in [2.05, 4.69) is 38.5 Å². The molecule has 0 saturated heterocycles. The molecule has 1 saturated carbocycles. The first-order valence-corrected chi connectivity index (χ1v) is 11.6. The molecule has 8 nitrogen and oxygen atoms in total. The van der Waals surface area contributed by atoms with Crippen molar-refractivity contribution in [3.63, 3.8) is 0 Å². The molecule has 1 aromatic carbocycles. The Labute approximate surface area is 194 Å². The highest BCUT2D eigenvalue weighted by Gasteiger charge is 2.27. The van der Waals surface area contributed by atoms with Crippen molar-refractivity contribution < 1.29 is 13.9 Å². The first kappa shape index (κ1) is 22.9. The molecule has 0 atom stereocenters. The number of amides is 1. The maximum Gasteiger partial charge on any atom is 0.267 e. The largest absolute Gasteiger partial charge is 0.493 e. The van der Waals surface area contributed by atoms with E-state index in [9.17, 15) is 4.79 Å². The molecule has 1 aliphatic carbocycles. The van der Waals surface area contributed by atoms with Crippen molar-refractivity contribution in [1.82, 2.24) is 25.5 Å². The van der Waals surface area contributed by atoms with Gasteiger partial charge < -0.3 is 14.5 Å². The molecule has 4 rings (SSSR count). The Hall–Kier alpha value is -3.29. The number of rotatable bonds is 9. The summed E-state index contributed by atoms with van der Waals surface area (Å²) in [4.78, 5) is 20.5. The van der Waals surface area contributed by atoms with Gasteiger partial charge in [-0.2, -0.15) is 0 Å². The Morgan fingerprint density at radius 1 is 1.15 bits per heavy atom. The molecule has 0 spiro atoms. The van der Waals surface area contributed by atoms with Crippen LogP contribution in [0.2, 0.25) is 0 Å². The van der Waals surface area contributed by atoms with Gasteiger partial charge in [-0.05, 0) is 63.5 Å². The first-order chi connectivity index (χ1) is 16.1. The van der Waals surface area contributed by atoms with Crippen molar-refractivity contribution in [3.8, 4) is 17.3 Å². The van der Waals surface area contributed by atoms with Crippen molar-refractivity contribution in [3.05, 3.63) is 53.8 Å². The van der Waals surface area contributed by atoms with E-state index in [1.807, 2.05) is 19.1 Å². The van der Waals surface area contributed by atoms with Crippen LogP contribution in [0.5, 0.6) is 5.75 Å². The van der Waals surface area contributed by atoms with Crippen LogP contribution in [0.1, 0.15) is 61.5 Å². The van der Waals surface area contributed by atoms with E-state index in [0.29, 0.717) is 42.8 Å². The smallest absolute Gasteiger partial charge is 0.267 e. The van der Waals surface area contributed by atoms with Gasteiger partial charge in [0, 0.05) is 31.3 Å². The Kier molecular flexibility index (Phi) is 7.65. The molecule has 0 unspecified atom stereocenters. The minimum atomic E-state index is 0.0897. The van der Waals surface area contributed by atoms with Gasteiger partial charge >= 0.3 is 0 Å². The average molecular weight is 450 g/mol. The second-order valence-corrected chi connectivity index (χ2v) is 8.78. The zero-order valence-corrected chi connectivity index (χ0v) is 19.3. The zero-order valence-electron chi connectivity index (χ0n) is 19.3. The quantitative estimate of drug-likeness (QED) is 0.483. The van der Waals surface area contributed by atoms with Gasteiger partial charge in [0.05, 0.1) is 12.8 Å². The third-order valence-electron chi connectivity index (χ3n) is 6.14. The summed E-state index contributed by atoms with van der Waals surface area (Å²) in [5.74, 6) is 2.81. The second kappa shape index (κ2) is 11.0. The highest BCUT2D eigenvalue weighted by atomic mass is 16.5. The molecule has 1 N–H and O–H groups in total. The van der Waals surface area contributed by atoms with Crippen LogP contribution in [0.15, 0.2) is 41.2 Å². The lowest BCUT2D eigenvalue weighted by atomic mass is 9.82. The average Bonchev–Trinajstić information content (AvgIpc) is 3.33. The fourth-order valence-electron chi connectivity index (χ4n) is 4.25. The van der Waals surface area contributed by atoms with E-state index in [1.54, 1.807) is 18.6 Å². The Morgan fingerprint density at radius 2 is 2.00 bits per heavy atom. The van der Waals surface area contributed by atoms with Crippen LogP contribution in [0.4, 0.5) is 0 Å². The lowest BCUT2D eigenvalue weighted by Gasteiger charge is -2.26. The zero-order chi connectivity index (χ0) is 23.0. The molecule has 1 fully saturated rings. The van der Waals surface area contributed by atoms with Gasteiger partial charge in [-0.3, -0.25) is 9.78 Å². The summed E-state index contributed by atoms with van der Waals surface area (Å²) in [6.45, 7) is 5.37. The van der Waals surface area contributed by atoms with Crippen molar-refractivity contribution in [2.24, 2.45) is 5.92 Å². The van der Waals surface area contributed by atoms with Gasteiger partial charge in [0.15, 0.2) is 0 Å². The van der Waals surface area contributed by atoms with Crippen LogP contribution in [0.25, 0.3) is 11.6 Å². The van der Waals surface area contributed by atoms with E-state index >= 15 is 0 Å². The molecule has 174 valence electrons. The highest BCUT2D eigenvalue weighted by Crippen LogP contribution is 2.35. The third-order valence-corrected chi connectivity index (χ3v) is 6.14. The summed E-state index contributed by atoms with van der Waals surface area (Å²) >= 11 is 0. The number of hydrogen-bond donors (Lipinski definition) is 1. The van der Waals surface area contributed by atoms with E-state index in [4.69, 9.17) is 9.15 Å². The number of hydrogen-bond acceptors (Lipinski definition) is 7. The maximum absolute atomic E-state index is 12.2. The molecule has 0 bridgehead atoms. The van der Waals surface area contributed by atoms with Gasteiger partial charge in [0.1, 0.15) is 11.4 Å². The van der Waals surface area contributed by atoms with Crippen LogP contribution in [-0.2, 0) is 4.79 Å². The number of aromatic nitrogens is 4. The molecule has 33 heavy (non-hydrogen) atoms. The lowest BCUT2D eigenvalue weighted by Crippen LogP contribution is -2.31. The number of ether oxygens (including phenoxy) is 1. The number of carbonyl (C=O) groups is 1. The normalized spacial score (nSPS) is 18.1. The van der Waals surface area contributed by atoms with Crippen LogP contribution in [0, 0.1) is 19.8 Å². The van der Waals surface area contributed by atoms with E-state index < -0.39 is 0 Å². The molecule has 0 radical (unpaired) electrons. The lowest BCUT2D eigenvalue weighted by molar-refractivity contribution is -0.121. The van der Waals surface area contributed by atoms with E-state index in [0.717, 1.165) is 43.5 Å². The van der Waals surface area contributed by atoms with Gasteiger partial charge in [-0.1, -0.05) is 17.7 Å². The predicted octanol–water partition coefficient (Wildman–Crippen LogP) is 4.39. The fraction of sp³-hybridized carbons (Fsp3) is 0.480.